The Kier molecular flexibility index (Phi) is 6.51. The first kappa shape index (κ1) is 16.5. The average Bonchev–Trinajstić information content (AvgIpc) is 2.42. The molecule has 0 N–H and O–H groups in total. The van der Waals surface area contributed by atoms with Gasteiger partial charge in [0.15, 0.2) is 0 Å². The van der Waals surface area contributed by atoms with Gasteiger partial charge in [-0.25, -0.2) is 0 Å². The Hall–Kier alpha value is -1.56. The Morgan fingerprint density at radius 1 is 1.30 bits per heavy atom. The van der Waals surface area contributed by atoms with Gasteiger partial charge in [-0.3, -0.25) is 0 Å². The Morgan fingerprint density at radius 2 is 2.00 bits per heavy atom. The minimum absolute atomic E-state index is 0.495. The number of hydrogen-bond donors (Lipinski definition) is 0. The molecule has 0 amide bonds. The summed E-state index contributed by atoms with van der Waals surface area (Å²) in [6.07, 6.45) is 15.3. The van der Waals surface area contributed by atoms with Crippen molar-refractivity contribution in [3.05, 3.63) is 70.9 Å². The lowest BCUT2D eigenvalue weighted by atomic mass is 9.82. The van der Waals surface area contributed by atoms with Gasteiger partial charge in [0.1, 0.15) is 0 Å². The van der Waals surface area contributed by atoms with Gasteiger partial charge in [0.05, 0.1) is 0 Å². The van der Waals surface area contributed by atoms with Gasteiger partial charge < -0.3 is 0 Å². The molecule has 0 aromatic rings. The van der Waals surface area contributed by atoms with Crippen LogP contribution in [0.1, 0.15) is 47.5 Å². The van der Waals surface area contributed by atoms with Crippen LogP contribution in [0.2, 0.25) is 0 Å². The molecule has 0 nitrogen and oxygen atoms in total. The second-order valence-electron chi connectivity index (χ2n) is 5.76. The van der Waals surface area contributed by atoms with E-state index in [1.165, 1.54) is 27.9 Å². The van der Waals surface area contributed by atoms with Crippen molar-refractivity contribution in [2.24, 2.45) is 5.92 Å². The van der Waals surface area contributed by atoms with Crippen molar-refractivity contribution in [2.75, 3.05) is 0 Å². The molecule has 0 aromatic carbocycles. The predicted octanol–water partition coefficient (Wildman–Crippen LogP) is 6.31. The van der Waals surface area contributed by atoms with Crippen LogP contribution in [-0.4, -0.2) is 0 Å². The molecule has 0 heteroatoms. The van der Waals surface area contributed by atoms with Crippen molar-refractivity contribution in [1.29, 1.82) is 0 Å². The highest BCUT2D eigenvalue weighted by Gasteiger charge is 2.17. The van der Waals surface area contributed by atoms with E-state index >= 15 is 0 Å². The fraction of sp³-hybridized carbons (Fsp3) is 0.400. The van der Waals surface area contributed by atoms with Crippen molar-refractivity contribution in [1.82, 2.24) is 0 Å². The second-order valence-corrected chi connectivity index (χ2v) is 5.76. The first-order valence-corrected chi connectivity index (χ1v) is 7.55. The summed E-state index contributed by atoms with van der Waals surface area (Å²) in [6, 6.07) is 0. The van der Waals surface area contributed by atoms with Gasteiger partial charge in [-0.1, -0.05) is 62.5 Å². The third-order valence-corrected chi connectivity index (χ3v) is 3.57. The third-order valence-electron chi connectivity index (χ3n) is 3.57. The topological polar surface area (TPSA) is 0 Å². The first-order valence-electron chi connectivity index (χ1n) is 7.55. The predicted molar refractivity (Wildman–Crippen MR) is 91.7 cm³/mol. The normalized spacial score (nSPS) is 17.5. The second kappa shape index (κ2) is 7.89. The van der Waals surface area contributed by atoms with Crippen molar-refractivity contribution in [3.8, 4) is 0 Å². The van der Waals surface area contributed by atoms with Crippen LogP contribution in [0.3, 0.4) is 0 Å². The summed E-state index contributed by atoms with van der Waals surface area (Å²) >= 11 is 0. The zero-order valence-corrected chi connectivity index (χ0v) is 13.7. The van der Waals surface area contributed by atoms with Gasteiger partial charge in [-0.05, 0) is 61.8 Å². The molecule has 0 bridgehead atoms. The van der Waals surface area contributed by atoms with Crippen molar-refractivity contribution in [3.63, 3.8) is 0 Å². The molecule has 0 unspecified atom stereocenters. The molecule has 0 atom stereocenters. The van der Waals surface area contributed by atoms with E-state index in [2.05, 4.69) is 77.7 Å². The van der Waals surface area contributed by atoms with Gasteiger partial charge in [-0.2, -0.15) is 0 Å². The molecule has 0 spiro atoms. The summed E-state index contributed by atoms with van der Waals surface area (Å²) < 4.78 is 0. The van der Waals surface area contributed by atoms with E-state index in [0.29, 0.717) is 5.92 Å². The number of rotatable bonds is 5. The maximum absolute atomic E-state index is 4.23. The fourth-order valence-corrected chi connectivity index (χ4v) is 2.76. The fourth-order valence-electron chi connectivity index (χ4n) is 2.76. The van der Waals surface area contributed by atoms with Crippen molar-refractivity contribution in [2.45, 2.75) is 47.5 Å². The molecule has 0 fully saturated rings. The van der Waals surface area contributed by atoms with Gasteiger partial charge in [0, 0.05) is 0 Å². The molecule has 1 aliphatic rings. The summed E-state index contributed by atoms with van der Waals surface area (Å²) in [5.74, 6) is 0.495. The Labute approximate surface area is 125 Å². The van der Waals surface area contributed by atoms with Crippen LogP contribution in [-0.2, 0) is 0 Å². The molecule has 0 aliphatic heterocycles. The largest absolute Gasteiger partial charge is 0.0955 e. The first-order chi connectivity index (χ1) is 9.49. The molecular formula is C20H28. The molecule has 108 valence electrons. The molecule has 0 heterocycles. The van der Waals surface area contributed by atoms with E-state index in [4.69, 9.17) is 0 Å². The molecule has 0 saturated carbocycles. The van der Waals surface area contributed by atoms with Crippen LogP contribution in [0.15, 0.2) is 70.9 Å². The van der Waals surface area contributed by atoms with Crippen LogP contribution in [0, 0.1) is 5.92 Å². The Bertz CT molecular complexity index is 502. The summed E-state index contributed by atoms with van der Waals surface area (Å²) in [7, 11) is 0. The Morgan fingerprint density at radius 3 is 2.45 bits per heavy atom. The van der Waals surface area contributed by atoms with E-state index < -0.39 is 0 Å². The van der Waals surface area contributed by atoms with Crippen LogP contribution < -0.4 is 0 Å². The summed E-state index contributed by atoms with van der Waals surface area (Å²) in [5.41, 5.74) is 6.73. The maximum atomic E-state index is 4.23. The minimum Gasteiger partial charge on any atom is -0.0955 e. The van der Waals surface area contributed by atoms with Gasteiger partial charge in [0.2, 0.25) is 0 Å². The quantitative estimate of drug-likeness (QED) is 0.512. The summed E-state index contributed by atoms with van der Waals surface area (Å²) in [5, 5.41) is 0. The number of hydrogen-bond acceptors (Lipinski definition) is 0. The monoisotopic (exact) mass is 268 g/mol. The van der Waals surface area contributed by atoms with E-state index in [9.17, 15) is 0 Å². The smallest absolute Gasteiger partial charge is 0.0164 e. The highest BCUT2D eigenvalue weighted by molar-refractivity contribution is 5.55. The lowest BCUT2D eigenvalue weighted by molar-refractivity contribution is 0.764. The highest BCUT2D eigenvalue weighted by Crippen LogP contribution is 2.34. The zero-order valence-electron chi connectivity index (χ0n) is 13.7. The Balaban J connectivity index is 3.44. The van der Waals surface area contributed by atoms with Crippen LogP contribution in [0.5, 0.6) is 0 Å². The molecular weight excluding hydrogens is 240 g/mol. The summed E-state index contributed by atoms with van der Waals surface area (Å²) in [4.78, 5) is 0. The molecule has 1 rings (SSSR count). The standard InChI is InChI=1S/C20H28/c1-7-8-12-17(6)19(15(2)3)20(16(4)5)18-13-10-9-11-14-18/h7-10,12-13,15H,4,11,14H2,1-3,5-6H3/b8-7-,17-12+,20-19-. The van der Waals surface area contributed by atoms with Crippen molar-refractivity contribution < 1.29 is 0 Å². The van der Waals surface area contributed by atoms with Gasteiger partial charge >= 0.3 is 0 Å². The van der Waals surface area contributed by atoms with E-state index in [0.717, 1.165) is 12.8 Å². The summed E-state index contributed by atoms with van der Waals surface area (Å²) in [6.45, 7) is 15.1. The van der Waals surface area contributed by atoms with E-state index in [1.54, 1.807) is 0 Å². The highest BCUT2D eigenvalue weighted by atomic mass is 14.2. The molecule has 0 radical (unpaired) electrons. The van der Waals surface area contributed by atoms with Gasteiger partial charge in [0.25, 0.3) is 0 Å². The van der Waals surface area contributed by atoms with Crippen LogP contribution >= 0.6 is 0 Å². The lowest BCUT2D eigenvalue weighted by Gasteiger charge is -2.23. The van der Waals surface area contributed by atoms with Crippen LogP contribution in [0.4, 0.5) is 0 Å². The molecule has 1 aliphatic carbocycles. The van der Waals surface area contributed by atoms with Gasteiger partial charge in [-0.15, -0.1) is 0 Å². The minimum atomic E-state index is 0.495. The molecule has 0 saturated heterocycles. The molecule has 0 aromatic heterocycles. The zero-order chi connectivity index (χ0) is 15.1. The third kappa shape index (κ3) is 4.23. The maximum Gasteiger partial charge on any atom is -0.0164 e. The lowest BCUT2D eigenvalue weighted by Crippen LogP contribution is -2.06. The molecule has 20 heavy (non-hydrogen) atoms. The van der Waals surface area contributed by atoms with E-state index in [1.807, 2.05) is 0 Å². The van der Waals surface area contributed by atoms with Crippen molar-refractivity contribution >= 4 is 0 Å². The SMILES string of the molecule is C=C(C)/C(C1=CC=CCC1)=C(/C(C)=C/C=C\C)C(C)C. The van der Waals surface area contributed by atoms with E-state index in [-0.39, 0.29) is 0 Å². The average molecular weight is 268 g/mol. The number of allylic oxidation sites excluding steroid dienone is 11. The van der Waals surface area contributed by atoms with Crippen LogP contribution in [0.25, 0.3) is 0 Å².